The third-order valence-electron chi connectivity index (χ3n) is 2.79. The molecule has 2 rings (SSSR count). The number of thioether (sulfide) groups is 1. The number of carbonyl (C=O) groups is 1. The molecule has 7 heteroatoms. The first-order valence-electron chi connectivity index (χ1n) is 6.74. The number of aromatic nitrogens is 2. The summed E-state index contributed by atoms with van der Waals surface area (Å²) in [4.78, 5) is 32.3. The minimum atomic E-state index is -0.286. The number of carbonyl (C=O) groups excluding carboxylic acids is 1. The number of esters is 1. The van der Waals surface area contributed by atoms with E-state index in [0.29, 0.717) is 27.9 Å². The molecule has 0 saturated heterocycles. The summed E-state index contributed by atoms with van der Waals surface area (Å²) in [5.41, 5.74) is -0.167. The van der Waals surface area contributed by atoms with Crippen molar-refractivity contribution in [3.8, 4) is 0 Å². The van der Waals surface area contributed by atoms with E-state index >= 15 is 0 Å². The molecule has 1 N–H and O–H groups in total. The molecule has 21 heavy (non-hydrogen) atoms. The molecule has 0 aliphatic heterocycles. The Morgan fingerprint density at radius 1 is 1.52 bits per heavy atom. The first-order valence-corrected chi connectivity index (χ1v) is 8.55. The van der Waals surface area contributed by atoms with Crippen molar-refractivity contribution in [2.45, 2.75) is 32.3 Å². The zero-order valence-electron chi connectivity index (χ0n) is 12.3. The van der Waals surface area contributed by atoms with Crippen molar-refractivity contribution in [1.82, 2.24) is 9.97 Å². The SMILES string of the molecule is Cc1cc2c(=O)[nH]c(SCC(=O)OCCC(C)C)nc2s1. The average Bonchev–Trinajstić information content (AvgIpc) is 2.77. The quantitative estimate of drug-likeness (QED) is 0.502. The molecule has 0 bridgehead atoms. The van der Waals surface area contributed by atoms with Gasteiger partial charge in [-0.25, -0.2) is 4.98 Å². The monoisotopic (exact) mass is 326 g/mol. The smallest absolute Gasteiger partial charge is 0.316 e. The van der Waals surface area contributed by atoms with Crippen LogP contribution in [0.1, 0.15) is 25.1 Å². The standard InChI is InChI=1S/C14H18N2O3S2/c1-8(2)4-5-19-11(17)7-20-14-15-12(18)10-6-9(3)21-13(10)16-14/h6,8H,4-5,7H2,1-3H3,(H,15,16,18). The number of H-pyrrole nitrogens is 1. The maximum absolute atomic E-state index is 11.9. The normalized spacial score (nSPS) is 11.2. The summed E-state index contributed by atoms with van der Waals surface area (Å²) in [6.07, 6.45) is 0.853. The molecule has 0 aliphatic carbocycles. The molecule has 0 aliphatic rings. The van der Waals surface area contributed by atoms with Gasteiger partial charge in [0.05, 0.1) is 17.7 Å². The van der Waals surface area contributed by atoms with Crippen LogP contribution < -0.4 is 5.56 Å². The van der Waals surface area contributed by atoms with E-state index in [-0.39, 0.29) is 17.3 Å². The largest absolute Gasteiger partial charge is 0.465 e. The first-order chi connectivity index (χ1) is 9.95. The average molecular weight is 326 g/mol. The Bertz CT molecular complexity index is 691. The van der Waals surface area contributed by atoms with Gasteiger partial charge >= 0.3 is 5.97 Å². The van der Waals surface area contributed by atoms with Crippen LogP contribution in [-0.2, 0) is 9.53 Å². The molecule has 0 spiro atoms. The molecule has 0 radical (unpaired) electrons. The number of aryl methyl sites for hydroxylation is 1. The summed E-state index contributed by atoms with van der Waals surface area (Å²) in [7, 11) is 0. The predicted octanol–water partition coefficient (Wildman–Crippen LogP) is 2.97. The van der Waals surface area contributed by atoms with E-state index in [2.05, 4.69) is 23.8 Å². The molecule has 0 aromatic carbocycles. The lowest BCUT2D eigenvalue weighted by atomic mass is 10.1. The topological polar surface area (TPSA) is 72.0 Å². The van der Waals surface area contributed by atoms with Gasteiger partial charge in [-0.05, 0) is 25.3 Å². The van der Waals surface area contributed by atoms with Crippen LogP contribution in [0, 0.1) is 12.8 Å². The predicted molar refractivity (Wildman–Crippen MR) is 86.1 cm³/mol. The van der Waals surface area contributed by atoms with Gasteiger partial charge in [0, 0.05) is 4.88 Å². The van der Waals surface area contributed by atoms with Gasteiger partial charge in [-0.1, -0.05) is 25.6 Å². The van der Waals surface area contributed by atoms with Crippen LogP contribution in [0.25, 0.3) is 10.2 Å². The molecule has 0 fully saturated rings. The lowest BCUT2D eigenvalue weighted by Crippen LogP contribution is -2.12. The molecule has 0 amide bonds. The number of hydrogen-bond donors (Lipinski definition) is 1. The van der Waals surface area contributed by atoms with Crippen molar-refractivity contribution >= 4 is 39.3 Å². The first kappa shape index (κ1) is 16.0. The van der Waals surface area contributed by atoms with E-state index in [1.54, 1.807) is 0 Å². The zero-order valence-corrected chi connectivity index (χ0v) is 13.9. The molecule has 0 unspecified atom stereocenters. The summed E-state index contributed by atoms with van der Waals surface area (Å²) in [5.74, 6) is 0.371. The second kappa shape index (κ2) is 7.09. The Morgan fingerprint density at radius 3 is 3.00 bits per heavy atom. The fourth-order valence-electron chi connectivity index (χ4n) is 1.68. The van der Waals surface area contributed by atoms with Gasteiger partial charge in [-0.15, -0.1) is 11.3 Å². The fourth-order valence-corrected chi connectivity index (χ4v) is 3.27. The molecular weight excluding hydrogens is 308 g/mol. The molecule has 2 aromatic heterocycles. The van der Waals surface area contributed by atoms with Crippen molar-refractivity contribution in [1.29, 1.82) is 0 Å². The Kier molecular flexibility index (Phi) is 5.41. The number of nitrogens with one attached hydrogen (secondary N) is 1. The van der Waals surface area contributed by atoms with Gasteiger partial charge in [0.25, 0.3) is 5.56 Å². The highest BCUT2D eigenvalue weighted by molar-refractivity contribution is 7.99. The number of aromatic amines is 1. The van der Waals surface area contributed by atoms with Crippen molar-refractivity contribution in [2.75, 3.05) is 12.4 Å². The highest BCUT2D eigenvalue weighted by Crippen LogP contribution is 2.22. The van der Waals surface area contributed by atoms with Gasteiger partial charge in [0.2, 0.25) is 0 Å². The van der Waals surface area contributed by atoms with Crippen LogP contribution in [0.3, 0.4) is 0 Å². The van der Waals surface area contributed by atoms with Crippen LogP contribution in [0.15, 0.2) is 16.0 Å². The van der Waals surface area contributed by atoms with E-state index < -0.39 is 0 Å². The van der Waals surface area contributed by atoms with E-state index in [1.165, 1.54) is 23.1 Å². The van der Waals surface area contributed by atoms with Gasteiger partial charge in [-0.3, -0.25) is 9.59 Å². The van der Waals surface area contributed by atoms with E-state index in [9.17, 15) is 9.59 Å². The molecule has 0 atom stereocenters. The molecule has 2 aromatic rings. The summed E-state index contributed by atoms with van der Waals surface area (Å²) >= 11 is 2.66. The number of nitrogens with zero attached hydrogens (tertiary/aromatic N) is 1. The van der Waals surface area contributed by atoms with Crippen molar-refractivity contribution in [3.63, 3.8) is 0 Å². The van der Waals surface area contributed by atoms with Crippen molar-refractivity contribution in [3.05, 3.63) is 21.3 Å². The zero-order chi connectivity index (χ0) is 15.4. The van der Waals surface area contributed by atoms with Crippen molar-refractivity contribution < 1.29 is 9.53 Å². The lowest BCUT2D eigenvalue weighted by molar-refractivity contribution is -0.140. The summed E-state index contributed by atoms with van der Waals surface area (Å²) in [6, 6.07) is 1.82. The Labute approximate surface area is 131 Å². The second-order valence-corrected chi connectivity index (χ2v) is 7.34. The van der Waals surface area contributed by atoms with Gasteiger partial charge in [0.15, 0.2) is 5.16 Å². The van der Waals surface area contributed by atoms with Gasteiger partial charge in [-0.2, -0.15) is 0 Å². The van der Waals surface area contributed by atoms with Crippen molar-refractivity contribution in [2.24, 2.45) is 5.92 Å². The molecular formula is C14H18N2O3S2. The maximum atomic E-state index is 11.9. The van der Waals surface area contributed by atoms with Crippen LogP contribution in [0.2, 0.25) is 0 Å². The van der Waals surface area contributed by atoms with Crippen LogP contribution >= 0.6 is 23.1 Å². The van der Waals surface area contributed by atoms with Gasteiger partial charge in [0.1, 0.15) is 4.83 Å². The molecule has 0 saturated carbocycles. The van der Waals surface area contributed by atoms with E-state index in [1.807, 2.05) is 13.0 Å². The number of ether oxygens (including phenoxy) is 1. The number of thiophene rings is 1. The Hall–Kier alpha value is -1.34. The highest BCUT2D eigenvalue weighted by Gasteiger charge is 2.10. The highest BCUT2D eigenvalue weighted by atomic mass is 32.2. The fraction of sp³-hybridized carbons (Fsp3) is 0.500. The third-order valence-corrected chi connectivity index (χ3v) is 4.58. The summed E-state index contributed by atoms with van der Waals surface area (Å²) in [6.45, 7) is 6.53. The Balaban J connectivity index is 1.94. The van der Waals surface area contributed by atoms with E-state index in [4.69, 9.17) is 4.74 Å². The van der Waals surface area contributed by atoms with Crippen LogP contribution in [0.5, 0.6) is 0 Å². The van der Waals surface area contributed by atoms with Crippen LogP contribution in [0.4, 0.5) is 0 Å². The summed E-state index contributed by atoms with van der Waals surface area (Å²) < 4.78 is 5.12. The molecule has 5 nitrogen and oxygen atoms in total. The summed E-state index contributed by atoms with van der Waals surface area (Å²) in [5, 5.41) is 1.05. The van der Waals surface area contributed by atoms with Gasteiger partial charge < -0.3 is 9.72 Å². The van der Waals surface area contributed by atoms with Crippen LogP contribution in [-0.4, -0.2) is 28.3 Å². The number of fused-ring (bicyclic) bond motifs is 1. The minimum Gasteiger partial charge on any atom is -0.465 e. The molecule has 2 heterocycles. The number of rotatable bonds is 6. The van der Waals surface area contributed by atoms with E-state index in [0.717, 1.165) is 11.3 Å². The Morgan fingerprint density at radius 2 is 2.29 bits per heavy atom. The maximum Gasteiger partial charge on any atom is 0.316 e. The third kappa shape index (κ3) is 4.57. The number of hydrogen-bond acceptors (Lipinski definition) is 6. The minimum absolute atomic E-state index is 0.150. The lowest BCUT2D eigenvalue weighted by Gasteiger charge is -2.06. The molecule has 114 valence electrons. The second-order valence-electron chi connectivity index (χ2n) is 5.14.